The highest BCUT2D eigenvalue weighted by Crippen LogP contribution is 2.34. The molecule has 1 saturated heterocycles. The van der Waals surface area contributed by atoms with Crippen LogP contribution < -0.4 is 15.4 Å². The zero-order valence-electron chi connectivity index (χ0n) is 14.6. The highest BCUT2D eigenvalue weighted by molar-refractivity contribution is 6.15. The van der Waals surface area contributed by atoms with Gasteiger partial charge in [-0.2, -0.15) is 0 Å². The van der Waals surface area contributed by atoms with Crippen LogP contribution in [0.3, 0.4) is 0 Å². The minimum atomic E-state index is -1.70. The molecule has 0 aromatic heterocycles. The predicted molar refractivity (Wildman–Crippen MR) is 92.3 cm³/mol. The zero-order chi connectivity index (χ0) is 18.0. The molecule has 2 aliphatic rings. The molecule has 0 radical (unpaired) electrons. The number of anilines is 1. The van der Waals surface area contributed by atoms with Gasteiger partial charge in [0.25, 0.3) is 17.4 Å². The number of rotatable bonds is 3. The van der Waals surface area contributed by atoms with Crippen molar-refractivity contribution in [3.63, 3.8) is 0 Å². The topological polar surface area (TPSA) is 87.7 Å². The van der Waals surface area contributed by atoms with Crippen LogP contribution in [0.25, 0.3) is 0 Å². The Hall–Kier alpha value is -2.57. The fraction of sp³-hybridized carbons (Fsp3) is 0.500. The highest BCUT2D eigenvalue weighted by Gasteiger charge is 2.47. The molecule has 1 fully saturated rings. The van der Waals surface area contributed by atoms with Gasteiger partial charge in [-0.3, -0.25) is 14.4 Å². The maximum atomic E-state index is 12.5. The van der Waals surface area contributed by atoms with Crippen molar-refractivity contribution >= 4 is 23.4 Å². The summed E-state index contributed by atoms with van der Waals surface area (Å²) >= 11 is 0. The van der Waals surface area contributed by atoms with E-state index in [0.29, 0.717) is 11.4 Å². The first-order chi connectivity index (χ1) is 11.9. The molecule has 0 unspecified atom stereocenters. The molecule has 2 heterocycles. The van der Waals surface area contributed by atoms with Gasteiger partial charge in [0.15, 0.2) is 0 Å². The summed E-state index contributed by atoms with van der Waals surface area (Å²) in [5, 5.41) is 5.25. The molecular weight excluding hydrogens is 322 g/mol. The van der Waals surface area contributed by atoms with Crippen LogP contribution >= 0.6 is 0 Å². The molecule has 1 aromatic carbocycles. The molecule has 1 aromatic rings. The van der Waals surface area contributed by atoms with Gasteiger partial charge < -0.3 is 20.3 Å². The summed E-state index contributed by atoms with van der Waals surface area (Å²) in [7, 11) is 0. The molecule has 0 saturated carbocycles. The summed E-state index contributed by atoms with van der Waals surface area (Å²) in [6, 6.07) is 5.34. The molecule has 0 aliphatic carbocycles. The first kappa shape index (κ1) is 17.3. The Bertz CT molecular complexity index is 712. The maximum Gasteiger partial charge on any atom is 0.278 e. The van der Waals surface area contributed by atoms with Gasteiger partial charge in [0.2, 0.25) is 5.91 Å². The number of piperidine rings is 1. The molecule has 2 aliphatic heterocycles. The summed E-state index contributed by atoms with van der Waals surface area (Å²) in [6.07, 6.45) is 3.10. The molecule has 25 heavy (non-hydrogen) atoms. The molecule has 7 heteroatoms. The Balaban J connectivity index is 1.65. The number of nitrogens with zero attached hydrogens (tertiary/aromatic N) is 1. The first-order valence-electron chi connectivity index (χ1n) is 8.57. The summed E-state index contributed by atoms with van der Waals surface area (Å²) in [4.78, 5) is 38.8. The average Bonchev–Trinajstić information content (AvgIpc) is 2.61. The van der Waals surface area contributed by atoms with Gasteiger partial charge in [-0.15, -0.1) is 0 Å². The molecule has 7 nitrogen and oxygen atoms in total. The molecule has 0 bridgehead atoms. The van der Waals surface area contributed by atoms with Crippen LogP contribution in [0.2, 0.25) is 0 Å². The number of benzene rings is 1. The number of carbonyl (C=O) groups excluding carboxylic acids is 3. The van der Waals surface area contributed by atoms with E-state index in [1.165, 1.54) is 6.92 Å². The van der Waals surface area contributed by atoms with Crippen molar-refractivity contribution in [3.05, 3.63) is 23.8 Å². The van der Waals surface area contributed by atoms with E-state index in [1.54, 1.807) is 17.0 Å². The van der Waals surface area contributed by atoms with Crippen LogP contribution in [-0.2, 0) is 14.4 Å². The minimum Gasteiger partial charge on any atom is -0.466 e. The number of hydrogen-bond acceptors (Lipinski definition) is 4. The molecule has 3 amide bonds. The molecular formula is C18H23N3O4. The Morgan fingerprint density at radius 1 is 1.28 bits per heavy atom. The SMILES string of the molecule is Cc1ccc2c(c1)NC(=O)[C@@](C)(C(=O)NCC(=O)N1CCCCC1)O2. The smallest absolute Gasteiger partial charge is 0.278 e. The number of likely N-dealkylation sites (tertiary alicyclic amines) is 1. The lowest BCUT2D eigenvalue weighted by molar-refractivity contribution is -0.148. The number of ether oxygens (including phenoxy) is 1. The van der Waals surface area contributed by atoms with Crippen LogP contribution in [0, 0.1) is 6.92 Å². The lowest BCUT2D eigenvalue weighted by Crippen LogP contribution is -2.59. The van der Waals surface area contributed by atoms with Crippen LogP contribution in [0.4, 0.5) is 5.69 Å². The Morgan fingerprint density at radius 3 is 2.72 bits per heavy atom. The fourth-order valence-corrected chi connectivity index (χ4v) is 3.07. The highest BCUT2D eigenvalue weighted by atomic mass is 16.5. The number of carbonyl (C=O) groups is 3. The largest absolute Gasteiger partial charge is 0.466 e. The molecule has 2 N–H and O–H groups in total. The summed E-state index contributed by atoms with van der Waals surface area (Å²) in [6.45, 7) is 4.61. The van der Waals surface area contributed by atoms with Crippen molar-refractivity contribution < 1.29 is 19.1 Å². The lowest BCUT2D eigenvalue weighted by Gasteiger charge is -2.33. The van der Waals surface area contributed by atoms with Crippen LogP contribution in [0.5, 0.6) is 5.75 Å². The zero-order valence-corrected chi connectivity index (χ0v) is 14.6. The molecule has 134 valence electrons. The fourth-order valence-electron chi connectivity index (χ4n) is 3.07. The van der Waals surface area contributed by atoms with E-state index in [2.05, 4.69) is 10.6 Å². The molecule has 1 atom stereocenters. The third-order valence-electron chi connectivity index (χ3n) is 4.67. The van der Waals surface area contributed by atoms with E-state index < -0.39 is 17.4 Å². The second-order valence-electron chi connectivity index (χ2n) is 6.71. The third kappa shape index (κ3) is 3.45. The quantitative estimate of drug-likeness (QED) is 0.806. The van der Waals surface area contributed by atoms with Crippen molar-refractivity contribution in [2.24, 2.45) is 0 Å². The van der Waals surface area contributed by atoms with Crippen molar-refractivity contribution in [2.45, 2.75) is 38.7 Å². The second-order valence-corrected chi connectivity index (χ2v) is 6.71. The van der Waals surface area contributed by atoms with E-state index in [4.69, 9.17) is 4.74 Å². The summed E-state index contributed by atoms with van der Waals surface area (Å²) in [5.74, 6) is -0.871. The standard InChI is InChI=1S/C18H23N3O4/c1-12-6-7-14-13(10-12)20-17(24)18(2,25-14)16(23)19-11-15(22)21-8-4-3-5-9-21/h6-7,10H,3-5,8-9,11H2,1-2H3,(H,19,23)(H,20,24)/t18-/m1/s1. The molecule has 3 rings (SSSR count). The minimum absolute atomic E-state index is 0.133. The Kier molecular flexibility index (Phi) is 4.65. The Morgan fingerprint density at radius 2 is 2.00 bits per heavy atom. The van der Waals surface area contributed by atoms with Gasteiger partial charge in [-0.25, -0.2) is 0 Å². The van der Waals surface area contributed by atoms with E-state index in [0.717, 1.165) is 37.9 Å². The number of hydrogen-bond donors (Lipinski definition) is 2. The van der Waals surface area contributed by atoms with E-state index in [-0.39, 0.29) is 12.5 Å². The third-order valence-corrected chi connectivity index (χ3v) is 4.67. The van der Waals surface area contributed by atoms with Gasteiger partial charge in [0, 0.05) is 13.1 Å². The van der Waals surface area contributed by atoms with Gasteiger partial charge in [-0.1, -0.05) is 6.07 Å². The summed E-state index contributed by atoms with van der Waals surface area (Å²) < 4.78 is 5.68. The van der Waals surface area contributed by atoms with Gasteiger partial charge in [0.05, 0.1) is 12.2 Å². The van der Waals surface area contributed by atoms with Crippen molar-refractivity contribution in [1.82, 2.24) is 10.2 Å². The lowest BCUT2D eigenvalue weighted by atomic mass is 10.0. The number of amides is 3. The first-order valence-corrected chi connectivity index (χ1v) is 8.57. The summed E-state index contributed by atoms with van der Waals surface area (Å²) in [5.41, 5.74) is -0.188. The predicted octanol–water partition coefficient (Wildman–Crippen LogP) is 1.21. The van der Waals surface area contributed by atoms with E-state index in [9.17, 15) is 14.4 Å². The van der Waals surface area contributed by atoms with Crippen molar-refractivity contribution in [3.8, 4) is 5.75 Å². The van der Waals surface area contributed by atoms with E-state index in [1.807, 2.05) is 13.0 Å². The van der Waals surface area contributed by atoms with Crippen LogP contribution in [-0.4, -0.2) is 47.9 Å². The Labute approximate surface area is 146 Å². The number of nitrogens with one attached hydrogen (secondary N) is 2. The van der Waals surface area contributed by atoms with Gasteiger partial charge in [0.1, 0.15) is 5.75 Å². The number of aryl methyl sites for hydroxylation is 1. The average molecular weight is 345 g/mol. The van der Waals surface area contributed by atoms with Crippen molar-refractivity contribution in [1.29, 1.82) is 0 Å². The van der Waals surface area contributed by atoms with Crippen LogP contribution in [0.1, 0.15) is 31.7 Å². The maximum absolute atomic E-state index is 12.5. The second kappa shape index (κ2) is 6.74. The monoisotopic (exact) mass is 345 g/mol. The van der Waals surface area contributed by atoms with Gasteiger partial charge >= 0.3 is 0 Å². The van der Waals surface area contributed by atoms with Crippen LogP contribution in [0.15, 0.2) is 18.2 Å². The number of fused-ring (bicyclic) bond motifs is 1. The van der Waals surface area contributed by atoms with Crippen molar-refractivity contribution in [2.75, 3.05) is 25.0 Å². The van der Waals surface area contributed by atoms with Gasteiger partial charge in [-0.05, 0) is 50.8 Å². The molecule has 0 spiro atoms. The normalized spacial score (nSPS) is 22.5. The van der Waals surface area contributed by atoms with E-state index >= 15 is 0 Å².